The van der Waals surface area contributed by atoms with Crippen molar-refractivity contribution in [2.45, 2.75) is 17.7 Å². The molecule has 2 amide bonds. The summed E-state index contributed by atoms with van der Waals surface area (Å²) in [6, 6.07) is 17.5. The fourth-order valence-electron chi connectivity index (χ4n) is 3.20. The Morgan fingerprint density at radius 1 is 1.17 bits per heavy atom. The quantitative estimate of drug-likeness (QED) is 0.532. The Bertz CT molecular complexity index is 1020. The maximum Gasteiger partial charge on any atom is 0.280 e. The molecule has 2 heterocycles. The number of halogens is 1. The van der Waals surface area contributed by atoms with Gasteiger partial charge < -0.3 is 10.6 Å². The van der Waals surface area contributed by atoms with Crippen LogP contribution >= 0.6 is 39.0 Å². The van der Waals surface area contributed by atoms with E-state index in [0.29, 0.717) is 11.6 Å². The third kappa shape index (κ3) is 5.11. The maximum atomic E-state index is 12.7. The second-order valence-corrected chi connectivity index (χ2v) is 9.90. The molecule has 1 saturated heterocycles. The first kappa shape index (κ1) is 21.1. The largest absolute Gasteiger partial charge is 0.350 e. The van der Waals surface area contributed by atoms with Crippen LogP contribution in [0.5, 0.6) is 0 Å². The molecule has 0 saturated carbocycles. The van der Waals surface area contributed by atoms with Crippen molar-refractivity contribution in [3.05, 3.63) is 75.0 Å². The molecule has 0 radical (unpaired) electrons. The standard InChI is InChI=1S/C22H20BrN3O2S2/c23-16-8-6-15(7-9-16)19-20(27)25-17(10-11-29-19)12-24-21(28)22-26-18(13-30-22)14-4-2-1-3-5-14/h1-9,13,17,19H,10-12H2,(H,24,28)(H,25,27)/t17-,19+/m0/s1. The molecule has 30 heavy (non-hydrogen) atoms. The fraction of sp³-hybridized carbons (Fsp3) is 0.227. The number of benzene rings is 2. The first-order valence-electron chi connectivity index (χ1n) is 9.57. The molecule has 0 aliphatic carbocycles. The lowest BCUT2D eigenvalue weighted by Crippen LogP contribution is -2.43. The molecule has 0 spiro atoms. The smallest absolute Gasteiger partial charge is 0.280 e. The van der Waals surface area contributed by atoms with Gasteiger partial charge in [0.15, 0.2) is 5.01 Å². The molecule has 2 N–H and O–H groups in total. The fourth-order valence-corrected chi connectivity index (χ4v) is 5.43. The number of aromatic nitrogens is 1. The molecule has 4 rings (SSSR count). The minimum Gasteiger partial charge on any atom is -0.350 e. The van der Waals surface area contributed by atoms with Gasteiger partial charge in [-0.1, -0.05) is 58.4 Å². The number of thioether (sulfide) groups is 1. The number of carbonyl (C=O) groups excluding carboxylic acids is 2. The van der Waals surface area contributed by atoms with E-state index in [2.05, 4.69) is 31.5 Å². The minimum absolute atomic E-state index is 0.0142. The van der Waals surface area contributed by atoms with Crippen LogP contribution in [0.3, 0.4) is 0 Å². The molecular weight excluding hydrogens is 482 g/mol. The van der Waals surface area contributed by atoms with Gasteiger partial charge in [0.25, 0.3) is 5.91 Å². The third-order valence-corrected chi connectivity index (χ3v) is 7.45. The molecule has 8 heteroatoms. The van der Waals surface area contributed by atoms with E-state index in [1.807, 2.05) is 60.0 Å². The highest BCUT2D eigenvalue weighted by Gasteiger charge is 2.27. The van der Waals surface area contributed by atoms with Crippen LogP contribution in [-0.2, 0) is 4.79 Å². The molecule has 0 bridgehead atoms. The average molecular weight is 502 g/mol. The van der Waals surface area contributed by atoms with Crippen LogP contribution < -0.4 is 10.6 Å². The predicted octanol–water partition coefficient (Wildman–Crippen LogP) is 4.67. The zero-order valence-corrected chi connectivity index (χ0v) is 19.2. The molecule has 0 unspecified atom stereocenters. The van der Waals surface area contributed by atoms with E-state index in [0.717, 1.165) is 33.5 Å². The van der Waals surface area contributed by atoms with E-state index in [9.17, 15) is 9.59 Å². The van der Waals surface area contributed by atoms with Crippen molar-refractivity contribution in [2.75, 3.05) is 12.3 Å². The summed E-state index contributed by atoms with van der Waals surface area (Å²) in [4.78, 5) is 29.7. The van der Waals surface area contributed by atoms with Gasteiger partial charge in [0.05, 0.1) is 5.69 Å². The van der Waals surface area contributed by atoms with Gasteiger partial charge in [0.2, 0.25) is 5.91 Å². The highest BCUT2D eigenvalue weighted by molar-refractivity contribution is 9.10. The van der Waals surface area contributed by atoms with Crippen LogP contribution in [0.4, 0.5) is 0 Å². The molecule has 154 valence electrons. The Kier molecular flexibility index (Phi) is 6.86. The van der Waals surface area contributed by atoms with E-state index in [4.69, 9.17) is 0 Å². The topological polar surface area (TPSA) is 71.1 Å². The summed E-state index contributed by atoms with van der Waals surface area (Å²) in [7, 11) is 0. The van der Waals surface area contributed by atoms with Crippen molar-refractivity contribution in [1.29, 1.82) is 0 Å². The van der Waals surface area contributed by atoms with Crippen LogP contribution in [0.15, 0.2) is 64.5 Å². The number of hydrogen-bond donors (Lipinski definition) is 2. The highest BCUT2D eigenvalue weighted by Crippen LogP contribution is 2.32. The van der Waals surface area contributed by atoms with Crippen molar-refractivity contribution in [3.63, 3.8) is 0 Å². The van der Waals surface area contributed by atoms with E-state index in [-0.39, 0.29) is 23.1 Å². The Morgan fingerprint density at radius 2 is 1.93 bits per heavy atom. The Balaban J connectivity index is 1.34. The zero-order chi connectivity index (χ0) is 20.9. The molecule has 2 aromatic carbocycles. The molecule has 1 fully saturated rings. The van der Waals surface area contributed by atoms with Crippen LogP contribution in [-0.4, -0.2) is 35.1 Å². The lowest BCUT2D eigenvalue weighted by molar-refractivity contribution is -0.121. The van der Waals surface area contributed by atoms with E-state index < -0.39 is 0 Å². The Labute approximate surface area is 191 Å². The van der Waals surface area contributed by atoms with E-state index in [1.165, 1.54) is 11.3 Å². The Morgan fingerprint density at radius 3 is 2.70 bits per heavy atom. The molecule has 2 atom stereocenters. The van der Waals surface area contributed by atoms with Gasteiger partial charge in [-0.25, -0.2) is 4.98 Å². The summed E-state index contributed by atoms with van der Waals surface area (Å²) >= 11 is 6.39. The summed E-state index contributed by atoms with van der Waals surface area (Å²) in [5, 5.41) is 8.08. The lowest BCUT2D eigenvalue weighted by atomic mass is 10.1. The maximum absolute atomic E-state index is 12.7. The normalized spacial score (nSPS) is 19.0. The van der Waals surface area contributed by atoms with Gasteiger partial charge in [-0.3, -0.25) is 9.59 Å². The Hall–Kier alpha value is -2.16. The highest BCUT2D eigenvalue weighted by atomic mass is 79.9. The molecule has 1 aliphatic rings. The van der Waals surface area contributed by atoms with E-state index >= 15 is 0 Å². The van der Waals surface area contributed by atoms with Crippen LogP contribution in [0.2, 0.25) is 0 Å². The van der Waals surface area contributed by atoms with Gasteiger partial charge in [-0.05, 0) is 29.9 Å². The van der Waals surface area contributed by atoms with Crippen molar-refractivity contribution in [3.8, 4) is 11.3 Å². The predicted molar refractivity (Wildman–Crippen MR) is 126 cm³/mol. The average Bonchev–Trinajstić information content (AvgIpc) is 3.19. The second kappa shape index (κ2) is 9.76. The van der Waals surface area contributed by atoms with Crippen LogP contribution in [0, 0.1) is 0 Å². The summed E-state index contributed by atoms with van der Waals surface area (Å²) in [5.74, 6) is 0.618. The van der Waals surface area contributed by atoms with Crippen molar-refractivity contribution in [2.24, 2.45) is 0 Å². The molecule has 3 aromatic rings. The minimum atomic E-state index is -0.230. The van der Waals surface area contributed by atoms with Crippen molar-refractivity contribution >= 4 is 50.8 Å². The number of amides is 2. The number of hydrogen-bond acceptors (Lipinski definition) is 5. The lowest BCUT2D eigenvalue weighted by Gasteiger charge is -2.17. The third-order valence-electron chi connectivity index (χ3n) is 4.79. The first-order valence-corrected chi connectivity index (χ1v) is 12.3. The van der Waals surface area contributed by atoms with Crippen LogP contribution in [0.25, 0.3) is 11.3 Å². The summed E-state index contributed by atoms with van der Waals surface area (Å²) in [5.41, 5.74) is 2.77. The van der Waals surface area contributed by atoms with Gasteiger partial charge in [0.1, 0.15) is 5.25 Å². The zero-order valence-electron chi connectivity index (χ0n) is 16.0. The van der Waals surface area contributed by atoms with E-state index in [1.54, 1.807) is 11.8 Å². The molecule has 1 aliphatic heterocycles. The van der Waals surface area contributed by atoms with Gasteiger partial charge >= 0.3 is 0 Å². The monoisotopic (exact) mass is 501 g/mol. The van der Waals surface area contributed by atoms with Crippen molar-refractivity contribution < 1.29 is 9.59 Å². The van der Waals surface area contributed by atoms with Gasteiger partial charge in [0, 0.05) is 28.0 Å². The number of rotatable bonds is 5. The summed E-state index contributed by atoms with van der Waals surface area (Å²) in [6.45, 7) is 0.387. The molecule has 1 aromatic heterocycles. The number of nitrogens with zero attached hydrogens (tertiary/aromatic N) is 1. The van der Waals surface area contributed by atoms with Crippen molar-refractivity contribution in [1.82, 2.24) is 15.6 Å². The van der Waals surface area contributed by atoms with Gasteiger partial charge in [-0.15, -0.1) is 23.1 Å². The molecular formula is C22H20BrN3O2S2. The number of nitrogens with one attached hydrogen (secondary N) is 2. The summed E-state index contributed by atoms with van der Waals surface area (Å²) < 4.78 is 0.989. The number of carbonyl (C=O) groups is 2. The summed E-state index contributed by atoms with van der Waals surface area (Å²) in [6.07, 6.45) is 0.802. The van der Waals surface area contributed by atoms with Gasteiger partial charge in [-0.2, -0.15) is 0 Å². The second-order valence-electron chi connectivity index (χ2n) is 6.91. The molecule has 5 nitrogen and oxygen atoms in total. The number of thiazole rings is 1. The van der Waals surface area contributed by atoms with Crippen LogP contribution in [0.1, 0.15) is 27.0 Å². The SMILES string of the molecule is O=C(NC[C@@H]1CCS[C@H](c2ccc(Br)cc2)C(=O)N1)c1nc(-c2ccccc2)cs1. The first-order chi connectivity index (χ1) is 14.6.